The first-order chi connectivity index (χ1) is 14.0. The Morgan fingerprint density at radius 3 is 2.41 bits per heavy atom. The number of imidazole rings is 1. The molecule has 4 fully saturated rings. The van der Waals surface area contributed by atoms with Crippen molar-refractivity contribution < 1.29 is 4.79 Å². The van der Waals surface area contributed by atoms with Crippen LogP contribution in [0.15, 0.2) is 18.5 Å². The molecule has 1 amide bonds. The van der Waals surface area contributed by atoms with Crippen molar-refractivity contribution in [2.45, 2.75) is 52.4 Å². The van der Waals surface area contributed by atoms with E-state index in [2.05, 4.69) is 25.6 Å². The summed E-state index contributed by atoms with van der Waals surface area (Å²) in [6.07, 6.45) is 11.1. The molecule has 7 heteroatoms. The van der Waals surface area contributed by atoms with Crippen molar-refractivity contribution in [3.05, 3.63) is 30.1 Å². The molecule has 4 aliphatic carbocycles. The van der Waals surface area contributed by atoms with Crippen LogP contribution in [0.3, 0.4) is 0 Å². The molecule has 4 saturated carbocycles. The fraction of sp³-hybridized carbons (Fsp3) is 0.636. The minimum atomic E-state index is -0.0770. The minimum absolute atomic E-state index is 0.0770. The number of anilines is 1. The van der Waals surface area contributed by atoms with Gasteiger partial charge in [0.25, 0.3) is 0 Å². The Bertz CT molecular complexity index is 884. The van der Waals surface area contributed by atoms with Crippen molar-refractivity contribution in [1.29, 1.82) is 0 Å². The maximum absolute atomic E-state index is 13.0. The van der Waals surface area contributed by atoms with Gasteiger partial charge in [-0.15, -0.1) is 0 Å². The molecule has 2 aromatic rings. The van der Waals surface area contributed by atoms with Gasteiger partial charge in [-0.1, -0.05) is 0 Å². The first kappa shape index (κ1) is 18.6. The summed E-state index contributed by atoms with van der Waals surface area (Å²) in [5, 5.41) is 6.55. The summed E-state index contributed by atoms with van der Waals surface area (Å²) >= 11 is 0. The summed E-state index contributed by atoms with van der Waals surface area (Å²) in [5.41, 5.74) is -0.0770. The molecule has 0 saturated heterocycles. The number of aryl methyl sites for hydroxylation is 2. The lowest BCUT2D eigenvalue weighted by Crippen LogP contribution is -2.54. The molecule has 2 aromatic heterocycles. The second kappa shape index (κ2) is 7.11. The van der Waals surface area contributed by atoms with Crippen molar-refractivity contribution >= 4 is 11.7 Å². The predicted molar refractivity (Wildman–Crippen MR) is 111 cm³/mol. The molecular weight excluding hydrogens is 364 g/mol. The molecule has 0 aliphatic heterocycles. The number of hydrogen-bond acceptors (Lipinski definition) is 5. The highest BCUT2D eigenvalue weighted by Crippen LogP contribution is 2.60. The summed E-state index contributed by atoms with van der Waals surface area (Å²) in [6.45, 7) is 5.10. The number of carbonyl (C=O) groups is 1. The van der Waals surface area contributed by atoms with E-state index in [1.165, 1.54) is 19.3 Å². The molecule has 2 N–H and O–H groups in total. The summed E-state index contributed by atoms with van der Waals surface area (Å²) in [5.74, 6) is 5.81. The van der Waals surface area contributed by atoms with Gasteiger partial charge in [0.15, 0.2) is 0 Å². The first-order valence-corrected chi connectivity index (χ1v) is 10.9. The number of nitrogens with one attached hydrogen (secondary N) is 2. The van der Waals surface area contributed by atoms with Crippen molar-refractivity contribution in [3.63, 3.8) is 0 Å². The van der Waals surface area contributed by atoms with Crippen LogP contribution in [0.2, 0.25) is 0 Å². The Morgan fingerprint density at radius 1 is 1.10 bits per heavy atom. The number of hydrogen-bond donors (Lipinski definition) is 2. The highest BCUT2D eigenvalue weighted by atomic mass is 16.2. The van der Waals surface area contributed by atoms with E-state index in [0.29, 0.717) is 18.9 Å². The molecule has 0 aromatic carbocycles. The molecule has 4 bridgehead atoms. The van der Waals surface area contributed by atoms with Gasteiger partial charge in [-0.25, -0.2) is 15.0 Å². The van der Waals surface area contributed by atoms with Crippen LogP contribution in [0, 0.1) is 37.0 Å². The van der Waals surface area contributed by atoms with Crippen molar-refractivity contribution in [2.75, 3.05) is 18.4 Å². The van der Waals surface area contributed by atoms with Gasteiger partial charge >= 0.3 is 0 Å². The predicted octanol–water partition coefficient (Wildman–Crippen LogP) is 3.02. The van der Waals surface area contributed by atoms with Crippen molar-refractivity contribution in [1.82, 2.24) is 24.8 Å². The maximum Gasteiger partial charge on any atom is 0.226 e. The molecule has 0 unspecified atom stereocenters. The van der Waals surface area contributed by atoms with E-state index < -0.39 is 0 Å². The topological polar surface area (TPSA) is 84.7 Å². The average Bonchev–Trinajstić information content (AvgIpc) is 3.09. The highest BCUT2D eigenvalue weighted by molar-refractivity contribution is 5.83. The zero-order valence-electron chi connectivity index (χ0n) is 17.3. The number of rotatable bonds is 6. The van der Waals surface area contributed by atoms with Crippen LogP contribution in [0.4, 0.5) is 5.82 Å². The third-order valence-electron chi connectivity index (χ3n) is 7.13. The van der Waals surface area contributed by atoms with Crippen LogP contribution in [-0.4, -0.2) is 38.5 Å². The molecule has 7 nitrogen and oxygen atoms in total. The quantitative estimate of drug-likeness (QED) is 0.736. The summed E-state index contributed by atoms with van der Waals surface area (Å²) in [7, 11) is 0. The molecule has 0 spiro atoms. The normalized spacial score (nSPS) is 29.8. The monoisotopic (exact) mass is 394 g/mol. The molecule has 4 aliphatic rings. The zero-order valence-corrected chi connectivity index (χ0v) is 17.3. The van der Waals surface area contributed by atoms with Gasteiger partial charge in [0.2, 0.25) is 5.91 Å². The van der Waals surface area contributed by atoms with Gasteiger partial charge < -0.3 is 10.6 Å². The molecule has 2 heterocycles. The van der Waals surface area contributed by atoms with E-state index in [-0.39, 0.29) is 11.3 Å². The Kier molecular flexibility index (Phi) is 4.56. The Balaban J connectivity index is 1.18. The van der Waals surface area contributed by atoms with Gasteiger partial charge in [0, 0.05) is 37.0 Å². The Labute approximate surface area is 171 Å². The standard InChI is InChI=1S/C22H30N6O/c1-14-26-19(10-20(27-14)28-6-5-23-15(28)2)24-3-4-25-21(29)22-11-16-7-17(12-22)9-18(8-16)13-22/h5-6,10,16-18H,3-4,7-9,11-13H2,1-2H3,(H,25,29)(H,24,26,27). The fourth-order valence-corrected chi connectivity index (χ4v) is 6.33. The maximum atomic E-state index is 13.0. The smallest absolute Gasteiger partial charge is 0.226 e. The fourth-order valence-electron chi connectivity index (χ4n) is 6.33. The first-order valence-electron chi connectivity index (χ1n) is 10.9. The average molecular weight is 395 g/mol. The SMILES string of the molecule is Cc1nc(NCCNC(=O)C23CC4CC(CC(C4)C2)C3)cc(-n2ccnc2C)n1. The lowest BCUT2D eigenvalue weighted by molar-refractivity contribution is -0.146. The second-order valence-corrected chi connectivity index (χ2v) is 9.38. The van der Waals surface area contributed by atoms with E-state index in [1.54, 1.807) is 6.20 Å². The molecule has 0 radical (unpaired) electrons. The van der Waals surface area contributed by atoms with Crippen LogP contribution >= 0.6 is 0 Å². The second-order valence-electron chi connectivity index (χ2n) is 9.38. The molecule has 0 atom stereocenters. The minimum Gasteiger partial charge on any atom is -0.368 e. The Hall–Kier alpha value is -2.44. The van der Waals surface area contributed by atoms with Crippen LogP contribution in [0.5, 0.6) is 0 Å². The summed E-state index contributed by atoms with van der Waals surface area (Å²) < 4.78 is 1.94. The number of carbonyl (C=O) groups excluding carboxylic acids is 1. The van der Waals surface area contributed by atoms with Gasteiger partial charge in [-0.05, 0) is 70.1 Å². The van der Waals surface area contributed by atoms with E-state index in [1.807, 2.05) is 30.7 Å². The number of aromatic nitrogens is 4. The Morgan fingerprint density at radius 2 is 1.79 bits per heavy atom. The van der Waals surface area contributed by atoms with Gasteiger partial charge in [0.05, 0.1) is 0 Å². The van der Waals surface area contributed by atoms with Crippen LogP contribution < -0.4 is 10.6 Å². The summed E-state index contributed by atoms with van der Waals surface area (Å²) in [4.78, 5) is 26.3. The van der Waals surface area contributed by atoms with Gasteiger partial charge in [-0.2, -0.15) is 0 Å². The number of amides is 1. The van der Waals surface area contributed by atoms with Crippen LogP contribution in [-0.2, 0) is 4.79 Å². The largest absolute Gasteiger partial charge is 0.368 e. The van der Waals surface area contributed by atoms with Crippen LogP contribution in [0.1, 0.15) is 50.2 Å². The van der Waals surface area contributed by atoms with E-state index in [0.717, 1.165) is 54.5 Å². The van der Waals surface area contributed by atoms with Crippen molar-refractivity contribution in [2.24, 2.45) is 23.2 Å². The van der Waals surface area contributed by atoms with E-state index in [9.17, 15) is 4.79 Å². The summed E-state index contributed by atoms with van der Waals surface area (Å²) in [6, 6.07) is 1.92. The third kappa shape index (κ3) is 3.51. The zero-order chi connectivity index (χ0) is 20.0. The molecular formula is C22H30N6O. The van der Waals surface area contributed by atoms with E-state index in [4.69, 9.17) is 0 Å². The lowest BCUT2D eigenvalue weighted by atomic mass is 9.49. The van der Waals surface area contributed by atoms with Gasteiger partial charge in [-0.3, -0.25) is 9.36 Å². The van der Waals surface area contributed by atoms with Crippen LogP contribution in [0.25, 0.3) is 5.82 Å². The lowest BCUT2D eigenvalue weighted by Gasteiger charge is -2.55. The van der Waals surface area contributed by atoms with Crippen molar-refractivity contribution in [3.8, 4) is 5.82 Å². The molecule has 29 heavy (non-hydrogen) atoms. The van der Waals surface area contributed by atoms with E-state index >= 15 is 0 Å². The highest BCUT2D eigenvalue weighted by Gasteiger charge is 2.54. The number of nitrogens with zero attached hydrogens (tertiary/aromatic N) is 4. The van der Waals surface area contributed by atoms with Gasteiger partial charge in [0.1, 0.15) is 23.3 Å². The molecule has 6 rings (SSSR count). The third-order valence-corrected chi connectivity index (χ3v) is 7.13. The molecule has 154 valence electrons.